The summed E-state index contributed by atoms with van der Waals surface area (Å²) in [7, 11) is 0. The lowest BCUT2D eigenvalue weighted by Crippen LogP contribution is -2.33. The number of benzene rings is 2. The quantitative estimate of drug-likeness (QED) is 0.270. The molecule has 0 saturated heterocycles. The number of hydrazone groups is 1. The van der Waals surface area contributed by atoms with E-state index in [0.717, 1.165) is 24.0 Å². The summed E-state index contributed by atoms with van der Waals surface area (Å²) in [6.45, 7) is 3.92. The third-order valence-electron chi connectivity index (χ3n) is 6.97. The largest absolute Gasteiger partial charge is 0.491 e. The highest BCUT2D eigenvalue weighted by Crippen LogP contribution is 2.31. The van der Waals surface area contributed by atoms with Crippen molar-refractivity contribution in [2.45, 2.75) is 58.1 Å². The fourth-order valence-electron chi connectivity index (χ4n) is 5.09. The van der Waals surface area contributed by atoms with E-state index in [1.165, 1.54) is 11.1 Å². The van der Waals surface area contributed by atoms with Gasteiger partial charge in [-0.3, -0.25) is 4.79 Å². The average Bonchev–Trinajstić information content (AvgIpc) is 3.31. The molecule has 0 spiro atoms. The van der Waals surface area contributed by atoms with Gasteiger partial charge in [0.15, 0.2) is 0 Å². The third kappa shape index (κ3) is 5.82. The van der Waals surface area contributed by atoms with Crippen LogP contribution in [0.2, 0.25) is 0 Å². The molecule has 1 amide bonds. The smallest absolute Gasteiger partial charge is 0.227 e. The number of fused-ring (bicyclic) bond motifs is 1. The fraction of sp³-hybridized carbons (Fsp3) is 0.345. The van der Waals surface area contributed by atoms with Gasteiger partial charge in [-0.15, -0.1) is 0 Å². The first-order valence-electron chi connectivity index (χ1n) is 13.0. The van der Waals surface area contributed by atoms with Crippen molar-refractivity contribution in [1.82, 2.24) is 9.97 Å². The van der Waals surface area contributed by atoms with E-state index < -0.39 is 0 Å². The van der Waals surface area contributed by atoms with E-state index in [0.29, 0.717) is 48.1 Å². The van der Waals surface area contributed by atoms with Gasteiger partial charge in [0.2, 0.25) is 11.9 Å². The molecule has 9 nitrogen and oxygen atoms in total. The van der Waals surface area contributed by atoms with Crippen molar-refractivity contribution in [2.24, 2.45) is 16.9 Å². The highest BCUT2D eigenvalue weighted by atomic mass is 16.5. The zero-order valence-electron chi connectivity index (χ0n) is 21.7. The van der Waals surface area contributed by atoms with Crippen LogP contribution in [0, 0.1) is 11.3 Å². The number of hydrogen-bond donors (Lipinski definition) is 4. The van der Waals surface area contributed by atoms with E-state index in [1.54, 1.807) is 12.4 Å². The van der Waals surface area contributed by atoms with Crippen LogP contribution in [0.5, 0.6) is 5.75 Å². The number of amides is 1. The lowest BCUT2D eigenvalue weighted by Gasteiger charge is -2.23. The predicted octanol–water partition coefficient (Wildman–Crippen LogP) is 4.58. The van der Waals surface area contributed by atoms with Crippen LogP contribution in [-0.2, 0) is 17.6 Å². The summed E-state index contributed by atoms with van der Waals surface area (Å²) in [5.74, 6) is 6.24. The number of carbonyl (C=O) groups is 1. The van der Waals surface area contributed by atoms with E-state index in [-0.39, 0.29) is 24.0 Å². The van der Waals surface area contributed by atoms with E-state index in [9.17, 15) is 4.79 Å². The van der Waals surface area contributed by atoms with Gasteiger partial charge in [0, 0.05) is 48.1 Å². The Morgan fingerprint density at radius 1 is 1.08 bits per heavy atom. The van der Waals surface area contributed by atoms with Gasteiger partial charge in [0.05, 0.1) is 17.5 Å². The Balaban J connectivity index is 1.31. The van der Waals surface area contributed by atoms with Gasteiger partial charge in [-0.05, 0) is 68.4 Å². The van der Waals surface area contributed by atoms with Crippen LogP contribution in [0.3, 0.4) is 0 Å². The molecule has 5 rings (SSSR count). The van der Waals surface area contributed by atoms with Crippen molar-refractivity contribution in [2.75, 3.05) is 10.6 Å². The minimum atomic E-state index is -0.292. The molecule has 5 N–H and O–H groups in total. The molecule has 9 heteroatoms. The number of hydrogen-bond acceptors (Lipinski definition) is 8. The lowest BCUT2D eigenvalue weighted by molar-refractivity contribution is -0.119. The summed E-state index contributed by atoms with van der Waals surface area (Å²) in [6, 6.07) is 14.4. The monoisotopic (exact) mass is 511 g/mol. The van der Waals surface area contributed by atoms with Crippen molar-refractivity contribution in [3.63, 3.8) is 0 Å². The van der Waals surface area contributed by atoms with Gasteiger partial charge >= 0.3 is 0 Å². The first kappa shape index (κ1) is 25.4. The Kier molecular flexibility index (Phi) is 7.35. The molecule has 0 aliphatic heterocycles. The highest BCUT2D eigenvalue weighted by Gasteiger charge is 2.28. The normalized spacial score (nSPS) is 18.4. The molecule has 2 aromatic carbocycles. The third-order valence-corrected chi connectivity index (χ3v) is 6.97. The second-order valence-corrected chi connectivity index (χ2v) is 10.2. The maximum Gasteiger partial charge on any atom is 0.227 e. The van der Waals surface area contributed by atoms with Crippen LogP contribution in [0.25, 0.3) is 11.1 Å². The number of nitrogens with two attached hydrogens (primary N) is 1. The molecule has 0 bridgehead atoms. The number of aromatic nitrogens is 2. The van der Waals surface area contributed by atoms with E-state index in [1.807, 2.05) is 32.0 Å². The standard InChI is InChI=1S/C29H33N7O2/c1-17(2)38-25-12-21(11-24(14-25)34-28(37)20-7-8-26(30)27(13-20)36-31)22-15-32-29(33-16-22)35-23-9-18-5-3-4-6-19(18)10-23/h3-6,11-12,14-17,20,23,30H,7-10,13,31H2,1-2H3,(H,34,37)(H,32,33,35)/t20-/m0/s1. The molecule has 2 aliphatic rings. The fourth-order valence-corrected chi connectivity index (χ4v) is 5.09. The van der Waals surface area contributed by atoms with Gasteiger partial charge in [-0.25, -0.2) is 9.97 Å². The summed E-state index contributed by atoms with van der Waals surface area (Å²) in [5, 5.41) is 18.1. The molecular formula is C29H33N7O2. The number of ether oxygens (including phenoxy) is 1. The Morgan fingerprint density at radius 3 is 2.45 bits per heavy atom. The molecule has 196 valence electrons. The molecule has 1 aromatic heterocycles. The number of nitrogens with one attached hydrogen (secondary N) is 3. The molecular weight excluding hydrogens is 478 g/mol. The number of carbonyl (C=O) groups excluding carboxylic acids is 1. The first-order chi connectivity index (χ1) is 18.4. The molecule has 2 aliphatic carbocycles. The average molecular weight is 512 g/mol. The molecule has 1 saturated carbocycles. The predicted molar refractivity (Wildman–Crippen MR) is 150 cm³/mol. The lowest BCUT2D eigenvalue weighted by atomic mass is 9.86. The van der Waals surface area contributed by atoms with Gasteiger partial charge < -0.3 is 26.6 Å². The number of rotatable bonds is 7. The number of nitrogens with zero attached hydrogens (tertiary/aromatic N) is 3. The molecule has 3 aromatic rings. The Morgan fingerprint density at radius 2 is 1.79 bits per heavy atom. The van der Waals surface area contributed by atoms with Gasteiger partial charge in [-0.2, -0.15) is 5.10 Å². The molecule has 1 atom stereocenters. The molecule has 0 unspecified atom stereocenters. The summed E-state index contributed by atoms with van der Waals surface area (Å²) in [4.78, 5) is 22.2. The zero-order valence-corrected chi connectivity index (χ0v) is 21.7. The van der Waals surface area contributed by atoms with Crippen LogP contribution in [-0.4, -0.2) is 39.4 Å². The van der Waals surface area contributed by atoms with E-state index in [4.69, 9.17) is 16.0 Å². The van der Waals surface area contributed by atoms with Gasteiger partial charge in [0.25, 0.3) is 0 Å². The second-order valence-electron chi connectivity index (χ2n) is 10.2. The molecule has 1 heterocycles. The van der Waals surface area contributed by atoms with Gasteiger partial charge in [0.1, 0.15) is 5.75 Å². The van der Waals surface area contributed by atoms with Crippen LogP contribution in [0.1, 0.15) is 44.2 Å². The summed E-state index contributed by atoms with van der Waals surface area (Å²) < 4.78 is 5.97. The van der Waals surface area contributed by atoms with Crippen molar-refractivity contribution in [3.8, 4) is 16.9 Å². The Bertz CT molecular complexity index is 1340. The minimum absolute atomic E-state index is 0.0279. The molecule has 0 radical (unpaired) electrons. The van der Waals surface area contributed by atoms with Gasteiger partial charge in [-0.1, -0.05) is 24.3 Å². The summed E-state index contributed by atoms with van der Waals surface area (Å²) in [5.41, 5.74) is 5.92. The Labute approximate surface area is 222 Å². The zero-order chi connectivity index (χ0) is 26.6. The second kappa shape index (κ2) is 11.0. The summed E-state index contributed by atoms with van der Waals surface area (Å²) >= 11 is 0. The van der Waals surface area contributed by atoms with Crippen molar-refractivity contribution in [1.29, 1.82) is 5.41 Å². The van der Waals surface area contributed by atoms with Crippen molar-refractivity contribution in [3.05, 3.63) is 66.0 Å². The summed E-state index contributed by atoms with van der Waals surface area (Å²) in [6.07, 6.45) is 6.90. The van der Waals surface area contributed by atoms with Crippen LogP contribution in [0.15, 0.2) is 60.0 Å². The topological polar surface area (TPSA) is 138 Å². The van der Waals surface area contributed by atoms with Crippen LogP contribution < -0.4 is 21.2 Å². The maximum atomic E-state index is 13.1. The van der Waals surface area contributed by atoms with Crippen LogP contribution >= 0.6 is 0 Å². The molecule has 1 fully saturated rings. The first-order valence-corrected chi connectivity index (χ1v) is 13.0. The highest BCUT2D eigenvalue weighted by molar-refractivity contribution is 6.42. The van der Waals surface area contributed by atoms with Crippen molar-refractivity contribution < 1.29 is 9.53 Å². The maximum absolute atomic E-state index is 13.1. The van der Waals surface area contributed by atoms with Crippen molar-refractivity contribution >= 4 is 29.0 Å². The minimum Gasteiger partial charge on any atom is -0.491 e. The molecule has 38 heavy (non-hydrogen) atoms. The number of anilines is 2. The van der Waals surface area contributed by atoms with E-state index in [2.05, 4.69) is 50.0 Å². The Hall–Kier alpha value is -4.27. The van der Waals surface area contributed by atoms with E-state index >= 15 is 0 Å². The van der Waals surface area contributed by atoms with Crippen LogP contribution in [0.4, 0.5) is 11.6 Å². The SMILES string of the molecule is CC(C)Oc1cc(NC(=O)[C@H]2CCC(=N)C(=NN)C2)cc(-c2cnc(NC3Cc4ccccc4C3)nc2)c1.